The topological polar surface area (TPSA) is 0 Å². The molecule has 0 atom stereocenters. The van der Waals surface area contributed by atoms with E-state index in [4.69, 9.17) is 34.8 Å². The molecule has 0 aliphatic rings. The fraction of sp³-hybridized carbons (Fsp3) is 0.0769. The van der Waals surface area contributed by atoms with E-state index in [1.165, 1.54) is 0 Å². The molecule has 0 aliphatic carbocycles. The molecule has 88 valence electrons. The van der Waals surface area contributed by atoms with E-state index in [-0.39, 0.29) is 0 Å². The zero-order valence-corrected chi connectivity index (χ0v) is 12.5. The standard InChI is InChI=1S/C13H8BrCl3/c14-9-3-6-11(12(7-9)13(16)17)8-1-4-10(15)5-2-8/h1-7,13H. The van der Waals surface area contributed by atoms with E-state index >= 15 is 0 Å². The molecule has 2 rings (SSSR count). The van der Waals surface area contributed by atoms with Gasteiger partial charge in [-0.3, -0.25) is 0 Å². The van der Waals surface area contributed by atoms with Gasteiger partial charge in [-0.25, -0.2) is 0 Å². The van der Waals surface area contributed by atoms with E-state index in [1.807, 2.05) is 42.5 Å². The Balaban J connectivity index is 2.54. The van der Waals surface area contributed by atoms with Crippen molar-refractivity contribution in [1.29, 1.82) is 0 Å². The first-order valence-electron chi connectivity index (χ1n) is 4.91. The Morgan fingerprint density at radius 2 is 1.59 bits per heavy atom. The van der Waals surface area contributed by atoms with Crippen molar-refractivity contribution < 1.29 is 0 Å². The summed E-state index contributed by atoms with van der Waals surface area (Å²) in [4.78, 5) is -0.557. The molecule has 2 aromatic carbocycles. The molecule has 0 heterocycles. The second-order valence-electron chi connectivity index (χ2n) is 3.54. The van der Waals surface area contributed by atoms with Crippen molar-refractivity contribution in [3.05, 3.63) is 57.5 Å². The van der Waals surface area contributed by atoms with Crippen molar-refractivity contribution in [3.63, 3.8) is 0 Å². The molecule has 0 radical (unpaired) electrons. The van der Waals surface area contributed by atoms with Crippen molar-refractivity contribution in [2.75, 3.05) is 0 Å². The second-order valence-corrected chi connectivity index (χ2v) is 5.99. The Bertz CT molecular complexity index is 521. The molecular weight excluding hydrogens is 342 g/mol. The van der Waals surface area contributed by atoms with Gasteiger partial charge in [-0.05, 0) is 41.0 Å². The zero-order chi connectivity index (χ0) is 12.4. The summed E-state index contributed by atoms with van der Waals surface area (Å²) in [6.07, 6.45) is 0. The van der Waals surface area contributed by atoms with Gasteiger partial charge < -0.3 is 0 Å². The molecule has 0 nitrogen and oxygen atoms in total. The van der Waals surface area contributed by atoms with Crippen LogP contribution >= 0.6 is 50.7 Å². The van der Waals surface area contributed by atoms with Crippen molar-refractivity contribution in [1.82, 2.24) is 0 Å². The summed E-state index contributed by atoms with van der Waals surface area (Å²) in [5, 5.41) is 0.709. The number of rotatable bonds is 2. The first-order chi connectivity index (χ1) is 8.08. The van der Waals surface area contributed by atoms with Crippen LogP contribution in [-0.2, 0) is 0 Å². The molecule has 17 heavy (non-hydrogen) atoms. The highest BCUT2D eigenvalue weighted by molar-refractivity contribution is 9.10. The van der Waals surface area contributed by atoms with Crippen LogP contribution in [-0.4, -0.2) is 0 Å². The van der Waals surface area contributed by atoms with Gasteiger partial charge in [0.1, 0.15) is 4.84 Å². The summed E-state index contributed by atoms with van der Waals surface area (Å²) in [6.45, 7) is 0. The van der Waals surface area contributed by atoms with Gasteiger partial charge in [0.2, 0.25) is 0 Å². The van der Waals surface area contributed by atoms with E-state index in [1.54, 1.807) is 0 Å². The largest absolute Gasteiger partial charge is 0.133 e. The highest BCUT2D eigenvalue weighted by atomic mass is 79.9. The number of benzene rings is 2. The third-order valence-electron chi connectivity index (χ3n) is 2.40. The minimum absolute atomic E-state index is 0.557. The normalized spacial score (nSPS) is 10.9. The first kappa shape index (κ1) is 13.2. The van der Waals surface area contributed by atoms with E-state index < -0.39 is 4.84 Å². The van der Waals surface area contributed by atoms with E-state index in [0.29, 0.717) is 5.02 Å². The molecule has 2 aromatic rings. The van der Waals surface area contributed by atoms with Crippen LogP contribution in [0.4, 0.5) is 0 Å². The van der Waals surface area contributed by atoms with Gasteiger partial charge in [-0.2, -0.15) is 0 Å². The lowest BCUT2D eigenvalue weighted by molar-refractivity contribution is 1.34. The molecule has 4 heteroatoms. The SMILES string of the molecule is Clc1ccc(-c2ccc(Br)cc2C(Cl)Cl)cc1. The van der Waals surface area contributed by atoms with E-state index in [0.717, 1.165) is 21.2 Å². The summed E-state index contributed by atoms with van der Waals surface area (Å²) in [5.74, 6) is 0. The monoisotopic (exact) mass is 348 g/mol. The third kappa shape index (κ3) is 3.17. The van der Waals surface area contributed by atoms with Gasteiger partial charge in [0.05, 0.1) is 0 Å². The van der Waals surface area contributed by atoms with E-state index in [2.05, 4.69) is 15.9 Å². The van der Waals surface area contributed by atoms with Gasteiger partial charge in [0.25, 0.3) is 0 Å². The van der Waals surface area contributed by atoms with Crippen molar-refractivity contribution in [2.45, 2.75) is 4.84 Å². The number of hydrogen-bond acceptors (Lipinski definition) is 0. The average Bonchev–Trinajstić information content (AvgIpc) is 2.30. The molecule has 0 unspecified atom stereocenters. The smallest absolute Gasteiger partial charge is 0.100 e. The summed E-state index contributed by atoms with van der Waals surface area (Å²) in [6, 6.07) is 13.5. The highest BCUT2D eigenvalue weighted by Gasteiger charge is 2.11. The molecule has 0 saturated carbocycles. The Hall–Kier alpha value is -0.210. The maximum atomic E-state index is 5.98. The lowest BCUT2D eigenvalue weighted by atomic mass is 10.0. The van der Waals surface area contributed by atoms with Gasteiger partial charge in [0, 0.05) is 9.50 Å². The number of alkyl halides is 2. The fourth-order valence-electron chi connectivity index (χ4n) is 1.61. The Morgan fingerprint density at radius 3 is 2.18 bits per heavy atom. The quantitative estimate of drug-likeness (QED) is 0.562. The van der Waals surface area contributed by atoms with Crippen LogP contribution in [0.3, 0.4) is 0 Å². The molecule has 0 spiro atoms. The van der Waals surface area contributed by atoms with Crippen molar-refractivity contribution >= 4 is 50.7 Å². The predicted octanol–water partition coefficient (Wildman–Crippen LogP) is 6.25. The maximum absolute atomic E-state index is 5.98. The second kappa shape index (κ2) is 5.62. The van der Waals surface area contributed by atoms with Crippen LogP contribution in [0.5, 0.6) is 0 Å². The molecule has 0 bridgehead atoms. The van der Waals surface area contributed by atoms with E-state index in [9.17, 15) is 0 Å². The molecule has 0 fully saturated rings. The molecule has 0 amide bonds. The van der Waals surface area contributed by atoms with Gasteiger partial charge in [-0.15, -0.1) is 23.2 Å². The number of hydrogen-bond donors (Lipinski definition) is 0. The third-order valence-corrected chi connectivity index (χ3v) is 3.62. The van der Waals surface area contributed by atoms with Crippen LogP contribution in [0, 0.1) is 0 Å². The van der Waals surface area contributed by atoms with Crippen LogP contribution in [0.15, 0.2) is 46.9 Å². The fourth-order valence-corrected chi connectivity index (χ4v) is 2.47. The summed E-state index contributed by atoms with van der Waals surface area (Å²) in [7, 11) is 0. The van der Waals surface area contributed by atoms with Gasteiger partial charge in [-0.1, -0.05) is 45.7 Å². The Morgan fingerprint density at radius 1 is 0.941 bits per heavy atom. The summed E-state index contributed by atoms with van der Waals surface area (Å²) in [5.41, 5.74) is 2.94. The number of halogens is 4. The van der Waals surface area contributed by atoms with Gasteiger partial charge in [0.15, 0.2) is 0 Å². The van der Waals surface area contributed by atoms with Crippen LogP contribution < -0.4 is 0 Å². The van der Waals surface area contributed by atoms with Crippen LogP contribution in [0.25, 0.3) is 11.1 Å². The lowest BCUT2D eigenvalue weighted by Gasteiger charge is -2.11. The molecular formula is C13H8BrCl3. The predicted molar refractivity (Wildman–Crippen MR) is 79.0 cm³/mol. The van der Waals surface area contributed by atoms with Crippen LogP contribution in [0.2, 0.25) is 5.02 Å². The van der Waals surface area contributed by atoms with Gasteiger partial charge >= 0.3 is 0 Å². The maximum Gasteiger partial charge on any atom is 0.133 e. The average molecular weight is 350 g/mol. The summed E-state index contributed by atoms with van der Waals surface area (Å²) < 4.78 is 0.955. The Labute approximate surface area is 124 Å². The molecule has 0 saturated heterocycles. The minimum atomic E-state index is -0.557. The van der Waals surface area contributed by atoms with Crippen molar-refractivity contribution in [3.8, 4) is 11.1 Å². The minimum Gasteiger partial charge on any atom is -0.100 e. The lowest BCUT2D eigenvalue weighted by Crippen LogP contribution is -1.89. The molecule has 0 aliphatic heterocycles. The van der Waals surface area contributed by atoms with Crippen LogP contribution in [0.1, 0.15) is 10.4 Å². The highest BCUT2D eigenvalue weighted by Crippen LogP contribution is 2.36. The summed E-state index contributed by atoms with van der Waals surface area (Å²) >= 11 is 21.2. The molecule has 0 aromatic heterocycles. The molecule has 0 N–H and O–H groups in total. The zero-order valence-electron chi connectivity index (χ0n) is 8.63. The first-order valence-corrected chi connectivity index (χ1v) is 6.96. The van der Waals surface area contributed by atoms with Crippen molar-refractivity contribution in [2.24, 2.45) is 0 Å². The Kier molecular flexibility index (Phi) is 4.37.